The van der Waals surface area contributed by atoms with Crippen LogP contribution >= 0.6 is 0 Å². The third kappa shape index (κ3) is 3.80. The fraction of sp³-hybridized carbons (Fsp3) is 0.556. The van der Waals surface area contributed by atoms with Crippen LogP contribution < -0.4 is 10.6 Å². The molecular weight excluding hydrogens is 304 g/mol. The molecule has 24 heavy (non-hydrogen) atoms. The topological polar surface area (TPSA) is 72.1 Å². The van der Waals surface area contributed by atoms with Gasteiger partial charge in [0.2, 0.25) is 0 Å². The van der Waals surface area contributed by atoms with Crippen LogP contribution in [0.2, 0.25) is 0 Å². The number of nitrogens with zero attached hydrogens (tertiary/aromatic N) is 2. The Kier molecular flexibility index (Phi) is 4.39. The molecule has 0 radical (unpaired) electrons. The fourth-order valence-corrected chi connectivity index (χ4v) is 3.49. The van der Waals surface area contributed by atoms with E-state index < -0.39 is 0 Å². The van der Waals surface area contributed by atoms with E-state index >= 15 is 0 Å². The highest BCUT2D eigenvalue weighted by Crippen LogP contribution is 2.41. The zero-order valence-electron chi connectivity index (χ0n) is 14.8. The van der Waals surface area contributed by atoms with Crippen LogP contribution in [0, 0.1) is 12.3 Å². The zero-order chi connectivity index (χ0) is 17.3. The highest BCUT2D eigenvalue weighted by Gasteiger charge is 2.35. The molecule has 2 heterocycles. The van der Waals surface area contributed by atoms with Crippen molar-refractivity contribution in [3.05, 3.63) is 41.9 Å². The molecule has 130 valence electrons. The average Bonchev–Trinajstić information content (AvgIpc) is 3.06. The maximum Gasteiger partial charge on any atom is 0.315 e. The summed E-state index contributed by atoms with van der Waals surface area (Å²) < 4.78 is 7.77. The quantitative estimate of drug-likeness (QED) is 0.904. The second-order valence-electron chi connectivity index (χ2n) is 7.61. The molecule has 0 saturated heterocycles. The van der Waals surface area contributed by atoms with Gasteiger partial charge in [0.15, 0.2) is 0 Å². The van der Waals surface area contributed by atoms with Gasteiger partial charge < -0.3 is 19.6 Å². The van der Waals surface area contributed by atoms with Crippen molar-refractivity contribution in [3.63, 3.8) is 0 Å². The number of urea groups is 1. The first-order chi connectivity index (χ1) is 11.3. The second kappa shape index (κ2) is 6.34. The smallest absolute Gasteiger partial charge is 0.315 e. The molecule has 0 aliphatic heterocycles. The van der Waals surface area contributed by atoms with Crippen molar-refractivity contribution < 1.29 is 9.21 Å². The number of hydrogen-bond donors (Lipinski definition) is 2. The number of fused-ring (bicyclic) bond motifs is 1. The number of amides is 2. The van der Waals surface area contributed by atoms with E-state index in [4.69, 9.17) is 4.42 Å². The van der Waals surface area contributed by atoms with E-state index in [1.165, 1.54) is 0 Å². The molecule has 0 saturated carbocycles. The average molecular weight is 330 g/mol. The molecule has 0 fully saturated rings. The highest BCUT2D eigenvalue weighted by molar-refractivity contribution is 5.74. The van der Waals surface area contributed by atoms with Crippen LogP contribution in [0.5, 0.6) is 0 Å². The lowest BCUT2D eigenvalue weighted by atomic mass is 9.75. The van der Waals surface area contributed by atoms with Crippen molar-refractivity contribution in [3.8, 4) is 0 Å². The molecule has 6 nitrogen and oxygen atoms in total. The molecule has 3 rings (SSSR count). The Bertz CT molecular complexity index is 703. The summed E-state index contributed by atoms with van der Waals surface area (Å²) in [4.78, 5) is 16.4. The van der Waals surface area contributed by atoms with Gasteiger partial charge in [-0.1, -0.05) is 13.8 Å². The molecular formula is C18H26N4O2. The lowest BCUT2D eigenvalue weighted by Gasteiger charge is -2.34. The predicted molar refractivity (Wildman–Crippen MR) is 91.6 cm³/mol. The maximum atomic E-state index is 12.4. The molecule has 1 aliphatic carbocycles. The van der Waals surface area contributed by atoms with E-state index in [2.05, 4.69) is 29.5 Å². The molecule has 0 aromatic carbocycles. The van der Waals surface area contributed by atoms with Crippen LogP contribution in [0.15, 0.2) is 29.2 Å². The first-order valence-electron chi connectivity index (χ1n) is 8.44. The Hall–Kier alpha value is -2.24. The molecule has 2 aromatic rings. The lowest BCUT2D eigenvalue weighted by molar-refractivity contribution is 0.211. The van der Waals surface area contributed by atoms with E-state index in [9.17, 15) is 4.79 Å². The number of aromatic nitrogens is 2. The number of carbonyl (C=O) groups is 1. The van der Waals surface area contributed by atoms with Crippen LogP contribution in [-0.4, -0.2) is 21.6 Å². The standard InChI is InChI=1S/C18H26N4O2/c1-12(10-22-6-5-19-11-22)20-17(23)21-15-8-18(3,4)9-16-14(15)7-13(2)24-16/h5-7,11-12,15H,8-10H2,1-4H3,(H2,20,21,23)/t12-,15+/m0/s1. The third-order valence-corrected chi connectivity index (χ3v) is 4.46. The summed E-state index contributed by atoms with van der Waals surface area (Å²) >= 11 is 0. The zero-order valence-corrected chi connectivity index (χ0v) is 14.8. The van der Waals surface area contributed by atoms with Gasteiger partial charge >= 0.3 is 6.03 Å². The van der Waals surface area contributed by atoms with Gasteiger partial charge in [0.1, 0.15) is 11.5 Å². The van der Waals surface area contributed by atoms with E-state index in [1.54, 1.807) is 12.5 Å². The minimum absolute atomic E-state index is 0.0124. The van der Waals surface area contributed by atoms with Gasteiger partial charge in [-0.15, -0.1) is 0 Å². The highest BCUT2D eigenvalue weighted by atomic mass is 16.3. The number of imidazole rings is 1. The van der Waals surface area contributed by atoms with Crippen LogP contribution in [0.25, 0.3) is 0 Å². The van der Waals surface area contributed by atoms with E-state index in [-0.39, 0.29) is 23.5 Å². The van der Waals surface area contributed by atoms with Crippen molar-refractivity contribution in [1.29, 1.82) is 0 Å². The number of nitrogens with one attached hydrogen (secondary N) is 2. The largest absolute Gasteiger partial charge is 0.466 e. The number of carbonyl (C=O) groups excluding carboxylic acids is 1. The summed E-state index contributed by atoms with van der Waals surface area (Å²) in [5.41, 5.74) is 1.22. The van der Waals surface area contributed by atoms with Gasteiger partial charge in [0, 0.05) is 37.0 Å². The molecule has 0 unspecified atom stereocenters. The molecule has 0 bridgehead atoms. The summed E-state index contributed by atoms with van der Waals surface area (Å²) in [6.07, 6.45) is 7.19. The molecule has 2 N–H and O–H groups in total. The normalized spacial score (nSPS) is 20.2. The van der Waals surface area contributed by atoms with E-state index in [0.29, 0.717) is 6.54 Å². The van der Waals surface area contributed by atoms with Gasteiger partial charge in [-0.25, -0.2) is 9.78 Å². The Morgan fingerprint density at radius 3 is 3.04 bits per heavy atom. The van der Waals surface area contributed by atoms with Crippen molar-refractivity contribution in [2.45, 2.75) is 59.2 Å². The number of rotatable bonds is 4. The van der Waals surface area contributed by atoms with Crippen LogP contribution in [0.1, 0.15) is 50.3 Å². The Morgan fingerprint density at radius 1 is 1.54 bits per heavy atom. The number of hydrogen-bond acceptors (Lipinski definition) is 3. The van der Waals surface area contributed by atoms with Crippen molar-refractivity contribution in [2.75, 3.05) is 0 Å². The predicted octanol–water partition coefficient (Wildman–Crippen LogP) is 3.19. The van der Waals surface area contributed by atoms with Crippen molar-refractivity contribution in [1.82, 2.24) is 20.2 Å². The number of aryl methyl sites for hydroxylation is 1. The van der Waals surface area contributed by atoms with Crippen molar-refractivity contribution >= 4 is 6.03 Å². The second-order valence-corrected chi connectivity index (χ2v) is 7.61. The minimum Gasteiger partial charge on any atom is -0.466 e. The van der Waals surface area contributed by atoms with Crippen LogP contribution in [0.4, 0.5) is 4.79 Å². The van der Waals surface area contributed by atoms with Gasteiger partial charge in [-0.05, 0) is 31.7 Å². The Morgan fingerprint density at radius 2 is 2.33 bits per heavy atom. The maximum absolute atomic E-state index is 12.4. The van der Waals surface area contributed by atoms with Gasteiger partial charge in [-0.2, -0.15) is 0 Å². The third-order valence-electron chi connectivity index (χ3n) is 4.46. The van der Waals surface area contributed by atoms with Crippen LogP contribution in [-0.2, 0) is 13.0 Å². The molecule has 2 atom stereocenters. The van der Waals surface area contributed by atoms with E-state index in [0.717, 1.165) is 29.9 Å². The summed E-state index contributed by atoms with van der Waals surface area (Å²) in [5, 5.41) is 6.12. The number of furan rings is 1. The molecule has 0 spiro atoms. The summed E-state index contributed by atoms with van der Waals surface area (Å²) in [5.74, 6) is 1.90. The van der Waals surface area contributed by atoms with Crippen LogP contribution in [0.3, 0.4) is 0 Å². The first-order valence-corrected chi connectivity index (χ1v) is 8.44. The Balaban J connectivity index is 1.63. The van der Waals surface area contributed by atoms with Crippen molar-refractivity contribution in [2.24, 2.45) is 5.41 Å². The lowest BCUT2D eigenvalue weighted by Crippen LogP contribution is -2.45. The molecule has 2 amide bonds. The van der Waals surface area contributed by atoms with Gasteiger partial charge in [0.25, 0.3) is 0 Å². The summed E-state index contributed by atoms with van der Waals surface area (Å²) in [6.45, 7) is 9.05. The Labute approximate surface area is 142 Å². The molecule has 1 aliphatic rings. The van der Waals surface area contributed by atoms with E-state index in [1.807, 2.05) is 30.7 Å². The SMILES string of the molecule is Cc1cc2c(o1)CC(C)(C)C[C@H]2NC(=O)N[C@@H](C)Cn1ccnc1. The van der Waals surface area contributed by atoms with Gasteiger partial charge in [0.05, 0.1) is 12.4 Å². The summed E-state index contributed by atoms with van der Waals surface area (Å²) in [6, 6.07) is 1.91. The molecule has 2 aromatic heterocycles. The minimum atomic E-state index is -0.143. The fourth-order valence-electron chi connectivity index (χ4n) is 3.49. The first kappa shape index (κ1) is 16.6. The summed E-state index contributed by atoms with van der Waals surface area (Å²) in [7, 11) is 0. The van der Waals surface area contributed by atoms with Gasteiger partial charge in [-0.3, -0.25) is 0 Å². The molecule has 6 heteroatoms. The monoisotopic (exact) mass is 330 g/mol.